The number of nitrogens with one attached hydrogen (secondary N) is 2. The van der Waals surface area contributed by atoms with Crippen LogP contribution in [0.2, 0.25) is 5.15 Å². The Bertz CT molecular complexity index is 1060. The lowest BCUT2D eigenvalue weighted by Gasteiger charge is -2.13. The second kappa shape index (κ2) is 8.79. The lowest BCUT2D eigenvalue weighted by atomic mass is 10.1. The fourth-order valence-corrected chi connectivity index (χ4v) is 3.69. The molecule has 0 aliphatic carbocycles. The Labute approximate surface area is 171 Å². The summed E-state index contributed by atoms with van der Waals surface area (Å²) in [7, 11) is 0. The van der Waals surface area contributed by atoms with E-state index in [-0.39, 0.29) is 22.4 Å². The molecule has 0 aliphatic rings. The lowest BCUT2D eigenvalue weighted by molar-refractivity contribution is -0.113. The molecule has 2 N–H and O–H groups in total. The van der Waals surface area contributed by atoms with E-state index < -0.39 is 0 Å². The summed E-state index contributed by atoms with van der Waals surface area (Å²) in [5.74, 6) is 0.311. The topological polar surface area (TPSA) is 92.7 Å². The third kappa shape index (κ3) is 4.74. The van der Waals surface area contributed by atoms with E-state index in [2.05, 4.69) is 34.1 Å². The van der Waals surface area contributed by atoms with Gasteiger partial charge in [0.15, 0.2) is 10.3 Å². The molecule has 0 unspecified atom stereocenters. The van der Waals surface area contributed by atoms with Gasteiger partial charge in [-0.3, -0.25) is 14.2 Å². The second-order valence-electron chi connectivity index (χ2n) is 6.92. The van der Waals surface area contributed by atoms with E-state index in [0.717, 1.165) is 12.1 Å². The summed E-state index contributed by atoms with van der Waals surface area (Å²) >= 11 is 7.21. The van der Waals surface area contributed by atoms with Crippen molar-refractivity contribution in [3.63, 3.8) is 0 Å². The molecule has 3 heterocycles. The summed E-state index contributed by atoms with van der Waals surface area (Å²) in [5.41, 5.74) is 2.33. The Hall–Kier alpha value is -2.32. The second-order valence-corrected chi connectivity index (χ2v) is 8.23. The zero-order valence-corrected chi connectivity index (χ0v) is 17.5. The first-order valence-electron chi connectivity index (χ1n) is 8.98. The molecule has 3 aromatic rings. The van der Waals surface area contributed by atoms with Gasteiger partial charge in [0.25, 0.3) is 5.56 Å². The number of carbonyl (C=O) groups excluding carboxylic acids is 1. The van der Waals surface area contributed by atoms with Crippen molar-refractivity contribution in [3.8, 4) is 0 Å². The molecule has 0 bridgehead atoms. The zero-order valence-electron chi connectivity index (χ0n) is 16.0. The molecule has 28 heavy (non-hydrogen) atoms. The number of H-pyrrole nitrogens is 1. The maximum Gasteiger partial charge on any atom is 0.278 e. The van der Waals surface area contributed by atoms with Gasteiger partial charge in [-0.05, 0) is 37.5 Å². The number of thioether (sulfide) groups is 1. The zero-order chi connectivity index (χ0) is 20.3. The maximum absolute atomic E-state index is 12.9. The van der Waals surface area contributed by atoms with Gasteiger partial charge in [-0.25, -0.2) is 9.97 Å². The van der Waals surface area contributed by atoms with Crippen molar-refractivity contribution < 1.29 is 4.79 Å². The fraction of sp³-hybridized carbons (Fsp3) is 0.368. The highest BCUT2D eigenvalue weighted by molar-refractivity contribution is 7.99. The van der Waals surface area contributed by atoms with E-state index in [1.54, 1.807) is 22.9 Å². The van der Waals surface area contributed by atoms with Crippen LogP contribution >= 0.6 is 23.4 Å². The van der Waals surface area contributed by atoms with Gasteiger partial charge in [-0.15, -0.1) is 0 Å². The molecule has 0 aromatic carbocycles. The van der Waals surface area contributed by atoms with Crippen LogP contribution in [0.3, 0.4) is 0 Å². The van der Waals surface area contributed by atoms with Crippen LogP contribution in [-0.4, -0.2) is 31.2 Å². The average molecular weight is 420 g/mol. The van der Waals surface area contributed by atoms with E-state index >= 15 is 0 Å². The Morgan fingerprint density at radius 2 is 2.21 bits per heavy atom. The summed E-state index contributed by atoms with van der Waals surface area (Å²) < 4.78 is 1.65. The number of amides is 1. The Morgan fingerprint density at radius 3 is 2.93 bits per heavy atom. The third-order valence-corrected chi connectivity index (χ3v) is 5.41. The molecule has 9 heteroatoms. The first-order valence-corrected chi connectivity index (χ1v) is 10.3. The molecule has 0 fully saturated rings. The van der Waals surface area contributed by atoms with Crippen molar-refractivity contribution in [1.82, 2.24) is 19.5 Å². The van der Waals surface area contributed by atoms with Crippen molar-refractivity contribution in [2.45, 2.75) is 38.9 Å². The highest BCUT2D eigenvalue weighted by Crippen LogP contribution is 2.21. The van der Waals surface area contributed by atoms with E-state index in [1.807, 2.05) is 13.0 Å². The van der Waals surface area contributed by atoms with Gasteiger partial charge in [0.1, 0.15) is 5.52 Å². The number of anilines is 1. The minimum absolute atomic E-state index is 0.105. The van der Waals surface area contributed by atoms with Crippen LogP contribution in [0.5, 0.6) is 0 Å². The monoisotopic (exact) mass is 419 g/mol. The summed E-state index contributed by atoms with van der Waals surface area (Å²) in [4.78, 5) is 36.9. The minimum atomic E-state index is -0.241. The molecule has 0 aliphatic heterocycles. The van der Waals surface area contributed by atoms with E-state index in [1.165, 1.54) is 11.8 Å². The van der Waals surface area contributed by atoms with Crippen LogP contribution in [-0.2, 0) is 11.3 Å². The van der Waals surface area contributed by atoms with E-state index in [0.29, 0.717) is 34.3 Å². The normalized spacial score (nSPS) is 11.3. The van der Waals surface area contributed by atoms with Gasteiger partial charge in [0, 0.05) is 18.4 Å². The number of nitrogens with zero attached hydrogens (tertiary/aromatic N) is 3. The van der Waals surface area contributed by atoms with Gasteiger partial charge < -0.3 is 10.3 Å². The Morgan fingerprint density at radius 1 is 1.43 bits per heavy atom. The summed E-state index contributed by atoms with van der Waals surface area (Å²) in [5, 5.41) is 3.50. The smallest absolute Gasteiger partial charge is 0.278 e. The Balaban J connectivity index is 1.82. The highest BCUT2D eigenvalue weighted by atomic mass is 35.5. The molecule has 0 radical (unpaired) electrons. The molecular formula is C19H22ClN5O2S. The number of aromatic nitrogens is 4. The van der Waals surface area contributed by atoms with Crippen molar-refractivity contribution in [2.24, 2.45) is 5.92 Å². The predicted octanol–water partition coefficient (Wildman–Crippen LogP) is 3.86. The number of rotatable bonds is 7. The summed E-state index contributed by atoms with van der Waals surface area (Å²) in [6.45, 7) is 6.65. The first-order chi connectivity index (χ1) is 13.3. The van der Waals surface area contributed by atoms with Crippen molar-refractivity contribution in [1.29, 1.82) is 0 Å². The van der Waals surface area contributed by atoms with Crippen LogP contribution in [0.15, 0.2) is 34.3 Å². The van der Waals surface area contributed by atoms with Crippen molar-refractivity contribution >= 4 is 46.0 Å². The molecule has 1 amide bonds. The quantitative estimate of drug-likeness (QED) is 0.344. The van der Waals surface area contributed by atoms with Gasteiger partial charge in [-0.2, -0.15) is 0 Å². The van der Waals surface area contributed by atoms with Gasteiger partial charge in [-0.1, -0.05) is 37.2 Å². The highest BCUT2D eigenvalue weighted by Gasteiger charge is 2.15. The first kappa shape index (κ1) is 20.4. The van der Waals surface area contributed by atoms with E-state index in [4.69, 9.17) is 11.6 Å². The van der Waals surface area contributed by atoms with Gasteiger partial charge >= 0.3 is 0 Å². The van der Waals surface area contributed by atoms with Crippen LogP contribution in [0.4, 0.5) is 5.69 Å². The lowest BCUT2D eigenvalue weighted by Crippen LogP contribution is -2.25. The number of aromatic amines is 1. The SMILES string of the molecule is Cc1cc2nc(SCC(=O)Nc3cccnc3Cl)n(CCC(C)C)c(=O)c2[nH]1. The summed E-state index contributed by atoms with van der Waals surface area (Å²) in [6, 6.07) is 5.22. The number of carbonyl (C=O) groups is 1. The Kier molecular flexibility index (Phi) is 6.41. The van der Waals surface area contributed by atoms with Crippen molar-refractivity contribution in [3.05, 3.63) is 45.6 Å². The van der Waals surface area contributed by atoms with E-state index in [9.17, 15) is 9.59 Å². The van der Waals surface area contributed by atoms with Gasteiger partial charge in [0.05, 0.1) is 17.0 Å². The molecule has 7 nitrogen and oxygen atoms in total. The van der Waals surface area contributed by atoms with Crippen molar-refractivity contribution in [2.75, 3.05) is 11.1 Å². The van der Waals surface area contributed by atoms with Crippen LogP contribution in [0, 0.1) is 12.8 Å². The third-order valence-electron chi connectivity index (χ3n) is 4.13. The number of hydrogen-bond acceptors (Lipinski definition) is 5. The number of aryl methyl sites for hydroxylation is 1. The fourth-order valence-electron chi connectivity index (χ4n) is 2.70. The summed E-state index contributed by atoms with van der Waals surface area (Å²) in [6.07, 6.45) is 2.40. The van der Waals surface area contributed by atoms with Crippen LogP contribution in [0.25, 0.3) is 11.0 Å². The molecule has 0 spiro atoms. The van der Waals surface area contributed by atoms with Crippen LogP contribution < -0.4 is 10.9 Å². The molecule has 0 saturated heterocycles. The molecule has 3 rings (SSSR count). The minimum Gasteiger partial charge on any atom is -0.353 e. The number of hydrogen-bond donors (Lipinski definition) is 2. The largest absolute Gasteiger partial charge is 0.353 e. The number of fused-ring (bicyclic) bond motifs is 1. The number of halogens is 1. The molecule has 0 atom stereocenters. The predicted molar refractivity (Wildman–Crippen MR) is 113 cm³/mol. The number of pyridine rings is 1. The average Bonchev–Trinajstić information content (AvgIpc) is 3.02. The standard InChI is InChI=1S/C19H22ClN5O2S/c1-11(2)6-8-25-18(27)16-14(9-12(3)22-16)24-19(25)28-10-15(26)23-13-5-4-7-21-17(13)20/h4-5,7,9,11,22H,6,8,10H2,1-3H3,(H,23,26). The van der Waals surface area contributed by atoms with Gasteiger partial charge in [0.2, 0.25) is 5.91 Å². The molecule has 0 saturated carbocycles. The molecular weight excluding hydrogens is 398 g/mol. The molecule has 148 valence electrons. The van der Waals surface area contributed by atoms with Crippen LogP contribution in [0.1, 0.15) is 26.0 Å². The molecule has 3 aromatic heterocycles. The maximum atomic E-state index is 12.9.